The Bertz CT molecular complexity index is 465. The first-order valence-electron chi connectivity index (χ1n) is 6.31. The fraction of sp³-hybridized carbons (Fsp3) is 0.462. The summed E-state index contributed by atoms with van der Waals surface area (Å²) in [7, 11) is 0. The van der Waals surface area contributed by atoms with E-state index in [0.29, 0.717) is 37.1 Å². The Balaban J connectivity index is 1.87. The Labute approximate surface area is 111 Å². The van der Waals surface area contributed by atoms with Gasteiger partial charge in [-0.05, 0) is 37.8 Å². The van der Waals surface area contributed by atoms with E-state index in [2.05, 4.69) is 10.3 Å². The van der Waals surface area contributed by atoms with E-state index < -0.39 is 5.97 Å². The van der Waals surface area contributed by atoms with Crippen LogP contribution < -0.4 is 11.1 Å². The summed E-state index contributed by atoms with van der Waals surface area (Å²) < 4.78 is 0. The number of pyridine rings is 1. The summed E-state index contributed by atoms with van der Waals surface area (Å²) >= 11 is 0. The van der Waals surface area contributed by atoms with Gasteiger partial charge in [0.2, 0.25) is 0 Å². The summed E-state index contributed by atoms with van der Waals surface area (Å²) in [5, 5.41) is 11.8. The van der Waals surface area contributed by atoms with Crippen molar-refractivity contribution in [1.29, 1.82) is 0 Å². The van der Waals surface area contributed by atoms with Crippen LogP contribution in [0.1, 0.15) is 36.2 Å². The average Bonchev–Trinajstić information content (AvgIpc) is 2.40. The quantitative estimate of drug-likeness (QED) is 0.755. The highest BCUT2D eigenvalue weighted by Gasteiger charge is 2.26. The Morgan fingerprint density at radius 2 is 1.95 bits per heavy atom. The lowest BCUT2D eigenvalue weighted by Crippen LogP contribution is -2.39. The normalized spacial score (nSPS) is 22.7. The lowest BCUT2D eigenvalue weighted by molar-refractivity contribution is -0.142. The van der Waals surface area contributed by atoms with Crippen LogP contribution in [0.2, 0.25) is 0 Å². The highest BCUT2D eigenvalue weighted by Crippen LogP contribution is 2.24. The molecular formula is C13H17N3O3. The number of rotatable bonds is 3. The standard InChI is InChI=1S/C13H17N3O3/c14-9-3-6-11(15-7-9)12(17)16-10-4-1-8(2-5-10)13(18)19/h3,6-8,10H,1-2,4-5,14H2,(H,16,17)(H,18,19). The first-order chi connectivity index (χ1) is 9.06. The molecule has 0 bridgehead atoms. The van der Waals surface area contributed by atoms with Gasteiger partial charge in [-0.3, -0.25) is 9.59 Å². The summed E-state index contributed by atoms with van der Waals surface area (Å²) in [6.07, 6.45) is 4.04. The maximum Gasteiger partial charge on any atom is 0.306 e. The molecule has 0 unspecified atom stereocenters. The molecule has 1 aliphatic carbocycles. The number of aliphatic carboxylic acids is 1. The Kier molecular flexibility index (Phi) is 3.99. The van der Waals surface area contributed by atoms with Crippen molar-refractivity contribution in [3.63, 3.8) is 0 Å². The van der Waals surface area contributed by atoms with Crippen LogP contribution in [0.3, 0.4) is 0 Å². The van der Waals surface area contributed by atoms with Crippen LogP contribution in [0.15, 0.2) is 18.3 Å². The zero-order valence-electron chi connectivity index (χ0n) is 10.5. The average molecular weight is 263 g/mol. The van der Waals surface area contributed by atoms with Gasteiger partial charge in [-0.1, -0.05) is 0 Å². The fourth-order valence-electron chi connectivity index (χ4n) is 2.28. The Hall–Kier alpha value is -2.11. The lowest BCUT2D eigenvalue weighted by atomic mass is 9.86. The maximum absolute atomic E-state index is 11.9. The Morgan fingerprint density at radius 3 is 2.47 bits per heavy atom. The van der Waals surface area contributed by atoms with E-state index in [0.717, 1.165) is 0 Å². The number of anilines is 1. The molecule has 0 atom stereocenters. The van der Waals surface area contributed by atoms with Gasteiger partial charge in [0.05, 0.1) is 17.8 Å². The van der Waals surface area contributed by atoms with Gasteiger partial charge in [-0.2, -0.15) is 0 Å². The molecule has 0 aromatic carbocycles. The second-order valence-corrected chi connectivity index (χ2v) is 4.84. The molecule has 0 aliphatic heterocycles. The van der Waals surface area contributed by atoms with E-state index in [1.807, 2.05) is 0 Å². The molecule has 0 radical (unpaired) electrons. The second kappa shape index (κ2) is 5.69. The summed E-state index contributed by atoms with van der Waals surface area (Å²) in [6.45, 7) is 0. The van der Waals surface area contributed by atoms with Crippen LogP contribution in [0.25, 0.3) is 0 Å². The number of nitrogen functional groups attached to an aromatic ring is 1. The maximum atomic E-state index is 11.9. The molecular weight excluding hydrogens is 246 g/mol. The summed E-state index contributed by atoms with van der Waals surface area (Å²) in [4.78, 5) is 26.7. The van der Waals surface area contributed by atoms with Crippen LogP contribution in [0, 0.1) is 5.92 Å². The minimum Gasteiger partial charge on any atom is -0.481 e. The molecule has 1 aliphatic rings. The number of carboxylic acid groups (broad SMARTS) is 1. The topological polar surface area (TPSA) is 105 Å². The van der Waals surface area contributed by atoms with Gasteiger partial charge in [-0.25, -0.2) is 4.98 Å². The molecule has 0 spiro atoms. The van der Waals surface area contributed by atoms with Crippen molar-refractivity contribution >= 4 is 17.6 Å². The second-order valence-electron chi connectivity index (χ2n) is 4.84. The zero-order chi connectivity index (χ0) is 13.8. The molecule has 1 saturated carbocycles. The number of carbonyl (C=O) groups excluding carboxylic acids is 1. The van der Waals surface area contributed by atoms with E-state index in [9.17, 15) is 9.59 Å². The number of aromatic nitrogens is 1. The van der Waals surface area contributed by atoms with E-state index in [1.165, 1.54) is 6.20 Å². The molecule has 6 nitrogen and oxygen atoms in total. The molecule has 1 aromatic rings. The lowest BCUT2D eigenvalue weighted by Gasteiger charge is -2.26. The summed E-state index contributed by atoms with van der Waals surface area (Å²) in [6, 6.07) is 3.24. The van der Waals surface area contributed by atoms with Gasteiger partial charge in [0.25, 0.3) is 5.91 Å². The van der Waals surface area contributed by atoms with Crippen LogP contribution in [0.5, 0.6) is 0 Å². The van der Waals surface area contributed by atoms with Crippen molar-refractivity contribution in [1.82, 2.24) is 10.3 Å². The van der Waals surface area contributed by atoms with Gasteiger partial charge in [0.1, 0.15) is 5.69 Å². The van der Waals surface area contributed by atoms with Gasteiger partial charge in [0.15, 0.2) is 0 Å². The number of carbonyl (C=O) groups is 2. The minimum absolute atomic E-state index is 0.0300. The molecule has 19 heavy (non-hydrogen) atoms. The number of hydrogen-bond donors (Lipinski definition) is 3. The van der Waals surface area contributed by atoms with Gasteiger partial charge in [-0.15, -0.1) is 0 Å². The largest absolute Gasteiger partial charge is 0.481 e. The third-order valence-corrected chi connectivity index (χ3v) is 3.43. The molecule has 1 fully saturated rings. The number of nitrogens with two attached hydrogens (primary N) is 1. The smallest absolute Gasteiger partial charge is 0.306 e. The Morgan fingerprint density at radius 1 is 1.26 bits per heavy atom. The van der Waals surface area contributed by atoms with Crippen molar-refractivity contribution < 1.29 is 14.7 Å². The molecule has 2 rings (SSSR count). The van der Waals surface area contributed by atoms with Crippen LogP contribution in [0.4, 0.5) is 5.69 Å². The van der Waals surface area contributed by atoms with Crippen molar-refractivity contribution in [2.75, 3.05) is 5.73 Å². The molecule has 6 heteroatoms. The fourth-order valence-corrected chi connectivity index (χ4v) is 2.28. The van der Waals surface area contributed by atoms with E-state index in [4.69, 9.17) is 10.8 Å². The molecule has 102 valence electrons. The molecule has 0 saturated heterocycles. The third kappa shape index (κ3) is 3.43. The van der Waals surface area contributed by atoms with Gasteiger partial charge in [0, 0.05) is 6.04 Å². The van der Waals surface area contributed by atoms with Crippen LogP contribution in [-0.4, -0.2) is 28.0 Å². The number of carboxylic acids is 1. The summed E-state index contributed by atoms with van der Waals surface area (Å²) in [5.41, 5.74) is 6.35. The highest BCUT2D eigenvalue weighted by molar-refractivity contribution is 5.92. The third-order valence-electron chi connectivity index (χ3n) is 3.43. The predicted octanol–water partition coefficient (Wildman–Crippen LogP) is 1.04. The van der Waals surface area contributed by atoms with E-state index in [-0.39, 0.29) is 17.9 Å². The zero-order valence-corrected chi connectivity index (χ0v) is 10.5. The number of nitrogens with one attached hydrogen (secondary N) is 1. The number of nitrogens with zero attached hydrogens (tertiary/aromatic N) is 1. The number of amides is 1. The van der Waals surface area contributed by atoms with Crippen molar-refractivity contribution in [3.05, 3.63) is 24.0 Å². The monoisotopic (exact) mass is 263 g/mol. The SMILES string of the molecule is Nc1ccc(C(=O)NC2CCC(C(=O)O)CC2)nc1. The molecule has 4 N–H and O–H groups in total. The summed E-state index contributed by atoms with van der Waals surface area (Å²) in [5.74, 6) is -1.26. The van der Waals surface area contributed by atoms with Gasteiger partial charge < -0.3 is 16.2 Å². The van der Waals surface area contributed by atoms with Crippen LogP contribution >= 0.6 is 0 Å². The minimum atomic E-state index is -0.745. The van der Waals surface area contributed by atoms with Crippen LogP contribution in [-0.2, 0) is 4.79 Å². The van der Waals surface area contributed by atoms with Crippen molar-refractivity contribution in [2.24, 2.45) is 5.92 Å². The molecule has 1 amide bonds. The highest BCUT2D eigenvalue weighted by atomic mass is 16.4. The number of hydrogen-bond acceptors (Lipinski definition) is 4. The van der Waals surface area contributed by atoms with Gasteiger partial charge >= 0.3 is 5.97 Å². The molecule has 1 heterocycles. The van der Waals surface area contributed by atoms with E-state index >= 15 is 0 Å². The molecule has 1 aromatic heterocycles. The predicted molar refractivity (Wildman–Crippen MR) is 69.5 cm³/mol. The first-order valence-corrected chi connectivity index (χ1v) is 6.31. The van der Waals surface area contributed by atoms with Crippen molar-refractivity contribution in [3.8, 4) is 0 Å². The first kappa shape index (κ1) is 13.3. The van der Waals surface area contributed by atoms with E-state index in [1.54, 1.807) is 12.1 Å². The van der Waals surface area contributed by atoms with Crippen molar-refractivity contribution in [2.45, 2.75) is 31.7 Å².